The standard InChI is InChI=1S/C11H13N7O/c1-2-12-11-16-9(8-6-14-18-10(8)17-11)13-5-7-3-4-15-19-7/h3-4,6H,2,5H2,1H3,(H3,12,13,14,16,17,18). The lowest BCUT2D eigenvalue weighted by Crippen LogP contribution is -2.06. The lowest BCUT2D eigenvalue weighted by Gasteiger charge is -2.07. The second-order valence-corrected chi connectivity index (χ2v) is 3.89. The van der Waals surface area contributed by atoms with E-state index in [1.165, 1.54) is 0 Å². The molecule has 3 aromatic heterocycles. The first-order valence-electron chi connectivity index (χ1n) is 5.95. The van der Waals surface area contributed by atoms with Crippen LogP contribution in [0.5, 0.6) is 0 Å². The Hall–Kier alpha value is -2.64. The Morgan fingerprint density at radius 1 is 1.32 bits per heavy atom. The molecule has 3 N–H and O–H groups in total. The van der Waals surface area contributed by atoms with E-state index < -0.39 is 0 Å². The van der Waals surface area contributed by atoms with Gasteiger partial charge in [-0.25, -0.2) is 0 Å². The first kappa shape index (κ1) is 11.5. The van der Waals surface area contributed by atoms with Crippen molar-refractivity contribution in [3.8, 4) is 0 Å². The van der Waals surface area contributed by atoms with Crippen LogP contribution in [0.3, 0.4) is 0 Å². The number of aromatic amines is 1. The monoisotopic (exact) mass is 259 g/mol. The van der Waals surface area contributed by atoms with Gasteiger partial charge in [-0.2, -0.15) is 15.1 Å². The fraction of sp³-hybridized carbons (Fsp3) is 0.273. The maximum atomic E-state index is 5.03. The number of nitrogens with zero attached hydrogens (tertiary/aromatic N) is 4. The van der Waals surface area contributed by atoms with Crippen LogP contribution in [-0.2, 0) is 6.54 Å². The quantitative estimate of drug-likeness (QED) is 0.635. The van der Waals surface area contributed by atoms with Crippen molar-refractivity contribution in [1.29, 1.82) is 0 Å². The smallest absolute Gasteiger partial charge is 0.226 e. The second-order valence-electron chi connectivity index (χ2n) is 3.89. The van der Waals surface area contributed by atoms with Crippen LogP contribution in [-0.4, -0.2) is 31.9 Å². The van der Waals surface area contributed by atoms with Crippen molar-refractivity contribution >= 4 is 22.8 Å². The normalized spacial score (nSPS) is 10.8. The average molecular weight is 259 g/mol. The first-order valence-corrected chi connectivity index (χ1v) is 5.95. The van der Waals surface area contributed by atoms with Crippen LogP contribution in [0.1, 0.15) is 12.7 Å². The average Bonchev–Trinajstić information content (AvgIpc) is 3.07. The summed E-state index contributed by atoms with van der Waals surface area (Å²) in [6.07, 6.45) is 3.29. The summed E-state index contributed by atoms with van der Waals surface area (Å²) in [7, 11) is 0. The number of hydrogen-bond acceptors (Lipinski definition) is 7. The number of aromatic nitrogens is 5. The summed E-state index contributed by atoms with van der Waals surface area (Å²) >= 11 is 0. The topological polar surface area (TPSA) is 105 Å². The van der Waals surface area contributed by atoms with Crippen LogP contribution < -0.4 is 10.6 Å². The summed E-state index contributed by atoms with van der Waals surface area (Å²) in [5.74, 6) is 1.99. The maximum Gasteiger partial charge on any atom is 0.226 e. The Morgan fingerprint density at radius 3 is 3.05 bits per heavy atom. The molecule has 0 atom stereocenters. The van der Waals surface area contributed by atoms with Crippen molar-refractivity contribution in [2.75, 3.05) is 17.2 Å². The Bertz CT molecular complexity index is 661. The molecule has 8 nitrogen and oxygen atoms in total. The molecule has 0 saturated carbocycles. The molecule has 0 aliphatic heterocycles. The molecule has 0 bridgehead atoms. The third kappa shape index (κ3) is 2.32. The molecule has 0 spiro atoms. The van der Waals surface area contributed by atoms with E-state index in [4.69, 9.17) is 4.52 Å². The molecule has 98 valence electrons. The van der Waals surface area contributed by atoms with Crippen molar-refractivity contribution in [2.24, 2.45) is 0 Å². The van der Waals surface area contributed by atoms with Gasteiger partial charge in [0.05, 0.1) is 24.3 Å². The van der Waals surface area contributed by atoms with E-state index >= 15 is 0 Å². The van der Waals surface area contributed by atoms with Crippen LogP contribution in [0.2, 0.25) is 0 Å². The van der Waals surface area contributed by atoms with E-state index in [2.05, 4.69) is 36.0 Å². The number of rotatable bonds is 5. The van der Waals surface area contributed by atoms with E-state index in [1.54, 1.807) is 18.5 Å². The van der Waals surface area contributed by atoms with Gasteiger partial charge < -0.3 is 15.2 Å². The molecule has 0 saturated heterocycles. The number of H-pyrrole nitrogens is 1. The molecule has 0 amide bonds. The summed E-state index contributed by atoms with van der Waals surface area (Å²) in [5, 5.41) is 17.6. The second kappa shape index (κ2) is 4.92. The van der Waals surface area contributed by atoms with Crippen LogP contribution in [0, 0.1) is 0 Å². The lowest BCUT2D eigenvalue weighted by molar-refractivity contribution is 0.388. The third-order valence-electron chi connectivity index (χ3n) is 2.57. The number of nitrogens with one attached hydrogen (secondary N) is 3. The van der Waals surface area contributed by atoms with Crippen molar-refractivity contribution in [3.05, 3.63) is 24.2 Å². The van der Waals surface area contributed by atoms with Gasteiger partial charge >= 0.3 is 0 Å². The predicted molar refractivity (Wildman–Crippen MR) is 69.7 cm³/mol. The van der Waals surface area contributed by atoms with Crippen LogP contribution in [0.25, 0.3) is 11.0 Å². The number of anilines is 2. The van der Waals surface area contributed by atoms with Crippen molar-refractivity contribution in [1.82, 2.24) is 25.3 Å². The van der Waals surface area contributed by atoms with Crippen molar-refractivity contribution < 1.29 is 4.52 Å². The van der Waals surface area contributed by atoms with Crippen LogP contribution in [0.15, 0.2) is 23.0 Å². The van der Waals surface area contributed by atoms with Gasteiger partial charge in [0.1, 0.15) is 5.82 Å². The van der Waals surface area contributed by atoms with Gasteiger partial charge in [-0.1, -0.05) is 5.16 Å². The lowest BCUT2D eigenvalue weighted by atomic mass is 10.3. The van der Waals surface area contributed by atoms with Gasteiger partial charge in [0, 0.05) is 12.6 Å². The molecule has 0 aliphatic rings. The van der Waals surface area contributed by atoms with E-state index in [0.29, 0.717) is 24.0 Å². The maximum absolute atomic E-state index is 5.03. The number of fused-ring (bicyclic) bond motifs is 1. The summed E-state index contributed by atoms with van der Waals surface area (Å²) < 4.78 is 5.03. The van der Waals surface area contributed by atoms with Gasteiger partial charge in [0.15, 0.2) is 11.4 Å². The third-order valence-corrected chi connectivity index (χ3v) is 2.57. The first-order chi connectivity index (χ1) is 9.36. The summed E-state index contributed by atoms with van der Waals surface area (Å²) in [5.41, 5.74) is 0.686. The van der Waals surface area contributed by atoms with Gasteiger partial charge in [0.2, 0.25) is 5.95 Å². The molecular weight excluding hydrogens is 246 g/mol. The Morgan fingerprint density at radius 2 is 2.26 bits per heavy atom. The molecular formula is C11H13N7O. The van der Waals surface area contributed by atoms with E-state index in [0.717, 1.165) is 17.7 Å². The van der Waals surface area contributed by atoms with Gasteiger partial charge in [-0.3, -0.25) is 5.10 Å². The molecule has 8 heteroatoms. The highest BCUT2D eigenvalue weighted by Gasteiger charge is 2.09. The summed E-state index contributed by atoms with van der Waals surface area (Å²) in [6.45, 7) is 3.24. The minimum atomic E-state index is 0.503. The van der Waals surface area contributed by atoms with E-state index in [1.807, 2.05) is 6.92 Å². The van der Waals surface area contributed by atoms with Gasteiger partial charge in [-0.15, -0.1) is 0 Å². The molecule has 0 unspecified atom stereocenters. The zero-order valence-electron chi connectivity index (χ0n) is 10.3. The van der Waals surface area contributed by atoms with E-state index in [9.17, 15) is 0 Å². The summed E-state index contributed by atoms with van der Waals surface area (Å²) in [4.78, 5) is 8.72. The van der Waals surface area contributed by atoms with Gasteiger partial charge in [-0.05, 0) is 6.92 Å². The highest BCUT2D eigenvalue weighted by Crippen LogP contribution is 2.20. The fourth-order valence-electron chi connectivity index (χ4n) is 1.71. The molecule has 3 heterocycles. The molecule has 3 rings (SSSR count). The van der Waals surface area contributed by atoms with Gasteiger partial charge in [0.25, 0.3) is 0 Å². The molecule has 0 aliphatic carbocycles. The highest BCUT2D eigenvalue weighted by atomic mass is 16.5. The fourth-order valence-corrected chi connectivity index (χ4v) is 1.71. The SMILES string of the molecule is CCNc1nc(NCc2ccno2)c2cn[nH]c2n1. The highest BCUT2D eigenvalue weighted by molar-refractivity contribution is 5.86. The minimum absolute atomic E-state index is 0.503. The van der Waals surface area contributed by atoms with Crippen molar-refractivity contribution in [2.45, 2.75) is 13.5 Å². The predicted octanol–water partition coefficient (Wildman–Crippen LogP) is 1.38. The number of hydrogen-bond donors (Lipinski definition) is 3. The van der Waals surface area contributed by atoms with E-state index in [-0.39, 0.29) is 0 Å². The Kier molecular flexibility index (Phi) is 2.97. The minimum Gasteiger partial charge on any atom is -0.362 e. The van der Waals surface area contributed by atoms with Crippen LogP contribution >= 0.6 is 0 Å². The molecule has 0 radical (unpaired) electrons. The Balaban J connectivity index is 1.89. The molecule has 19 heavy (non-hydrogen) atoms. The molecule has 3 aromatic rings. The Labute approximate surface area is 108 Å². The van der Waals surface area contributed by atoms with Crippen molar-refractivity contribution in [3.63, 3.8) is 0 Å². The van der Waals surface area contributed by atoms with Crippen LogP contribution in [0.4, 0.5) is 11.8 Å². The largest absolute Gasteiger partial charge is 0.362 e. The summed E-state index contributed by atoms with van der Waals surface area (Å²) in [6, 6.07) is 1.80. The zero-order chi connectivity index (χ0) is 13.1. The molecule has 0 aromatic carbocycles. The molecule has 0 fully saturated rings. The zero-order valence-corrected chi connectivity index (χ0v) is 10.3.